The quantitative estimate of drug-likeness (QED) is 0.913. The fourth-order valence-electron chi connectivity index (χ4n) is 1.97. The van der Waals surface area contributed by atoms with Crippen LogP contribution in [0.3, 0.4) is 0 Å². The molecule has 0 bridgehead atoms. The molecule has 0 aliphatic carbocycles. The smallest absolute Gasteiger partial charge is 0.337 e. The maximum atomic E-state index is 11.3. The molecule has 0 unspecified atom stereocenters. The first-order valence-corrected chi connectivity index (χ1v) is 6.03. The minimum Gasteiger partial charge on any atom is -0.478 e. The normalized spacial score (nSPS) is 10.2. The van der Waals surface area contributed by atoms with Gasteiger partial charge in [0.1, 0.15) is 0 Å². The number of pyridine rings is 1. The number of rotatable bonds is 4. The van der Waals surface area contributed by atoms with Gasteiger partial charge in [0, 0.05) is 13.2 Å². The SMILES string of the molecule is Cc1ccc(N(C)Cc2ccccn2)c(C(=O)O)c1. The van der Waals surface area contributed by atoms with Crippen molar-refractivity contribution in [2.45, 2.75) is 13.5 Å². The van der Waals surface area contributed by atoms with Crippen molar-refractivity contribution in [3.63, 3.8) is 0 Å². The number of carboxylic acid groups (broad SMARTS) is 1. The summed E-state index contributed by atoms with van der Waals surface area (Å²) in [6.07, 6.45) is 1.73. The highest BCUT2D eigenvalue weighted by Crippen LogP contribution is 2.22. The maximum Gasteiger partial charge on any atom is 0.337 e. The van der Waals surface area contributed by atoms with Crippen molar-refractivity contribution in [3.8, 4) is 0 Å². The summed E-state index contributed by atoms with van der Waals surface area (Å²) in [7, 11) is 1.87. The van der Waals surface area contributed by atoms with Crippen molar-refractivity contribution < 1.29 is 9.90 Å². The molecule has 4 nitrogen and oxygen atoms in total. The molecule has 0 saturated carbocycles. The van der Waals surface area contributed by atoms with Crippen LogP contribution < -0.4 is 4.90 Å². The zero-order chi connectivity index (χ0) is 13.8. The fourth-order valence-corrected chi connectivity index (χ4v) is 1.97. The Kier molecular flexibility index (Phi) is 3.80. The monoisotopic (exact) mass is 256 g/mol. The molecule has 0 atom stereocenters. The second-order valence-corrected chi connectivity index (χ2v) is 4.50. The van der Waals surface area contributed by atoms with E-state index in [2.05, 4.69) is 4.98 Å². The Balaban J connectivity index is 2.28. The lowest BCUT2D eigenvalue weighted by Crippen LogP contribution is -2.20. The van der Waals surface area contributed by atoms with E-state index in [9.17, 15) is 9.90 Å². The van der Waals surface area contributed by atoms with E-state index in [1.807, 2.05) is 49.2 Å². The average molecular weight is 256 g/mol. The number of aromatic carboxylic acids is 1. The van der Waals surface area contributed by atoms with Gasteiger partial charge in [-0.15, -0.1) is 0 Å². The maximum absolute atomic E-state index is 11.3. The molecule has 19 heavy (non-hydrogen) atoms. The number of aromatic nitrogens is 1. The number of hydrogen-bond acceptors (Lipinski definition) is 3. The summed E-state index contributed by atoms with van der Waals surface area (Å²) in [5.74, 6) is -0.911. The molecule has 0 amide bonds. The third-order valence-corrected chi connectivity index (χ3v) is 2.92. The first-order chi connectivity index (χ1) is 9.08. The molecule has 0 aliphatic rings. The Hall–Kier alpha value is -2.36. The molecule has 98 valence electrons. The summed E-state index contributed by atoms with van der Waals surface area (Å²) in [6.45, 7) is 2.46. The summed E-state index contributed by atoms with van der Waals surface area (Å²) >= 11 is 0. The van der Waals surface area contributed by atoms with E-state index >= 15 is 0 Å². The molecule has 1 aromatic carbocycles. The van der Waals surface area contributed by atoms with Gasteiger partial charge in [-0.2, -0.15) is 0 Å². The molecule has 2 rings (SSSR count). The molecule has 0 radical (unpaired) electrons. The van der Waals surface area contributed by atoms with E-state index < -0.39 is 5.97 Å². The lowest BCUT2D eigenvalue weighted by Gasteiger charge is -2.21. The van der Waals surface area contributed by atoms with Crippen molar-refractivity contribution in [1.82, 2.24) is 4.98 Å². The molecule has 4 heteroatoms. The van der Waals surface area contributed by atoms with Gasteiger partial charge in [0.25, 0.3) is 0 Å². The minimum absolute atomic E-state index is 0.318. The van der Waals surface area contributed by atoms with Crippen LogP contribution >= 0.6 is 0 Å². The highest BCUT2D eigenvalue weighted by molar-refractivity contribution is 5.94. The highest BCUT2D eigenvalue weighted by Gasteiger charge is 2.14. The van der Waals surface area contributed by atoms with Gasteiger partial charge in [-0.3, -0.25) is 4.98 Å². The van der Waals surface area contributed by atoms with Crippen LogP contribution in [-0.2, 0) is 6.54 Å². The van der Waals surface area contributed by atoms with E-state index in [1.54, 1.807) is 12.3 Å². The summed E-state index contributed by atoms with van der Waals surface area (Å²) in [5.41, 5.74) is 2.86. The second kappa shape index (κ2) is 5.52. The van der Waals surface area contributed by atoms with Gasteiger partial charge in [-0.05, 0) is 31.2 Å². The Morgan fingerprint density at radius 2 is 2.11 bits per heavy atom. The average Bonchev–Trinajstić information content (AvgIpc) is 2.39. The van der Waals surface area contributed by atoms with Crippen LogP contribution in [0, 0.1) is 6.92 Å². The molecule has 1 aromatic heterocycles. The summed E-state index contributed by atoms with van der Waals surface area (Å²) < 4.78 is 0. The molecule has 1 N–H and O–H groups in total. The minimum atomic E-state index is -0.911. The van der Waals surface area contributed by atoms with E-state index in [0.29, 0.717) is 17.8 Å². The van der Waals surface area contributed by atoms with E-state index in [1.165, 1.54) is 0 Å². The van der Waals surface area contributed by atoms with Crippen molar-refractivity contribution in [2.24, 2.45) is 0 Å². The van der Waals surface area contributed by atoms with Crippen molar-refractivity contribution in [3.05, 3.63) is 59.4 Å². The van der Waals surface area contributed by atoms with Crippen LogP contribution in [0.5, 0.6) is 0 Å². The molecular weight excluding hydrogens is 240 g/mol. The van der Waals surface area contributed by atoms with Gasteiger partial charge in [0.2, 0.25) is 0 Å². The fraction of sp³-hybridized carbons (Fsp3) is 0.200. The lowest BCUT2D eigenvalue weighted by atomic mass is 10.1. The molecule has 0 fully saturated rings. The topological polar surface area (TPSA) is 53.4 Å². The first kappa shape index (κ1) is 13.1. The number of benzene rings is 1. The third kappa shape index (κ3) is 3.10. The molecule has 0 aliphatic heterocycles. The van der Waals surface area contributed by atoms with Crippen LogP contribution in [0.2, 0.25) is 0 Å². The molecule has 0 spiro atoms. The number of carbonyl (C=O) groups is 1. The number of anilines is 1. The van der Waals surface area contributed by atoms with E-state index in [4.69, 9.17) is 0 Å². The van der Waals surface area contributed by atoms with Crippen molar-refractivity contribution >= 4 is 11.7 Å². The Labute approximate surface area is 112 Å². The number of carboxylic acids is 1. The summed E-state index contributed by atoms with van der Waals surface area (Å²) in [6, 6.07) is 11.1. The Morgan fingerprint density at radius 1 is 1.32 bits per heavy atom. The van der Waals surface area contributed by atoms with Crippen LogP contribution in [0.15, 0.2) is 42.6 Å². The van der Waals surface area contributed by atoms with Crippen LogP contribution in [0.25, 0.3) is 0 Å². The van der Waals surface area contributed by atoms with Crippen LogP contribution in [0.1, 0.15) is 21.6 Å². The van der Waals surface area contributed by atoms with Crippen molar-refractivity contribution in [2.75, 3.05) is 11.9 Å². The zero-order valence-electron chi connectivity index (χ0n) is 11.0. The van der Waals surface area contributed by atoms with Crippen molar-refractivity contribution in [1.29, 1.82) is 0 Å². The Bertz CT molecular complexity index is 582. The molecule has 0 saturated heterocycles. The lowest BCUT2D eigenvalue weighted by molar-refractivity contribution is 0.0697. The summed E-state index contributed by atoms with van der Waals surface area (Å²) in [4.78, 5) is 17.4. The number of nitrogens with zero attached hydrogens (tertiary/aromatic N) is 2. The van der Waals surface area contributed by atoms with E-state index in [-0.39, 0.29) is 0 Å². The van der Waals surface area contributed by atoms with Gasteiger partial charge in [0.15, 0.2) is 0 Å². The summed E-state index contributed by atoms with van der Waals surface area (Å²) in [5, 5.41) is 9.26. The first-order valence-electron chi connectivity index (χ1n) is 6.03. The van der Waals surface area contributed by atoms with Gasteiger partial charge in [-0.25, -0.2) is 4.79 Å². The molecular formula is C15H16N2O2. The Morgan fingerprint density at radius 3 is 2.74 bits per heavy atom. The standard InChI is InChI=1S/C15H16N2O2/c1-11-6-7-14(13(9-11)15(18)19)17(2)10-12-5-3-4-8-16-12/h3-9H,10H2,1-2H3,(H,18,19). The van der Waals surface area contributed by atoms with Gasteiger partial charge >= 0.3 is 5.97 Å². The van der Waals surface area contributed by atoms with Gasteiger partial charge < -0.3 is 10.0 Å². The predicted octanol–water partition coefficient (Wildman–Crippen LogP) is 2.72. The molecule has 2 aromatic rings. The zero-order valence-corrected chi connectivity index (χ0v) is 11.0. The van der Waals surface area contributed by atoms with Gasteiger partial charge in [-0.1, -0.05) is 17.7 Å². The highest BCUT2D eigenvalue weighted by atomic mass is 16.4. The van der Waals surface area contributed by atoms with Crippen LogP contribution in [0.4, 0.5) is 5.69 Å². The van der Waals surface area contributed by atoms with Crippen LogP contribution in [-0.4, -0.2) is 23.1 Å². The number of hydrogen-bond donors (Lipinski definition) is 1. The third-order valence-electron chi connectivity index (χ3n) is 2.92. The molecule has 1 heterocycles. The second-order valence-electron chi connectivity index (χ2n) is 4.50. The van der Waals surface area contributed by atoms with E-state index in [0.717, 1.165) is 11.3 Å². The number of aryl methyl sites for hydroxylation is 1. The predicted molar refractivity (Wildman–Crippen MR) is 74.5 cm³/mol. The largest absolute Gasteiger partial charge is 0.478 e. The van der Waals surface area contributed by atoms with Gasteiger partial charge in [0.05, 0.1) is 23.5 Å².